The molecular formula is C38H22B4O. The van der Waals surface area contributed by atoms with Crippen molar-refractivity contribution in [3.05, 3.63) is 143 Å². The first kappa shape index (κ1) is 26.0. The topological polar surface area (TPSA) is 13.1 Å². The lowest BCUT2D eigenvalue weighted by Gasteiger charge is -2.36. The molecule has 1 atom stereocenters. The van der Waals surface area contributed by atoms with Crippen molar-refractivity contribution in [3.8, 4) is 22.3 Å². The Morgan fingerprint density at radius 2 is 1.12 bits per heavy atom. The van der Waals surface area contributed by atoms with E-state index in [4.69, 9.17) is 35.8 Å². The van der Waals surface area contributed by atoms with Crippen molar-refractivity contribution in [2.75, 3.05) is 0 Å². The Morgan fingerprint density at radius 3 is 1.88 bits per heavy atom. The van der Waals surface area contributed by atoms with Crippen molar-refractivity contribution in [3.63, 3.8) is 0 Å². The average molecular weight is 538 g/mol. The summed E-state index contributed by atoms with van der Waals surface area (Å²) in [6, 6.07) is 40.0. The van der Waals surface area contributed by atoms with Crippen LogP contribution >= 0.6 is 0 Å². The summed E-state index contributed by atoms with van der Waals surface area (Å²) in [4.78, 5) is 0. The van der Waals surface area contributed by atoms with Gasteiger partial charge in [-0.15, -0.1) is 10.9 Å². The van der Waals surface area contributed by atoms with E-state index < -0.39 is 5.41 Å². The number of furan rings is 1. The molecule has 0 aliphatic heterocycles. The van der Waals surface area contributed by atoms with Gasteiger partial charge in [-0.25, -0.2) is 0 Å². The van der Waals surface area contributed by atoms with Gasteiger partial charge in [0.2, 0.25) is 0 Å². The summed E-state index contributed by atoms with van der Waals surface area (Å²) in [5, 5.41) is 2.23. The molecule has 5 heteroatoms. The van der Waals surface area contributed by atoms with Crippen molar-refractivity contribution in [2.45, 2.75) is 12.3 Å². The molecule has 0 N–H and O–H groups in total. The minimum Gasteiger partial charge on any atom is -0.455 e. The number of aryl methyl sites for hydroxylation is 1. The second-order valence-electron chi connectivity index (χ2n) is 11.4. The van der Waals surface area contributed by atoms with Crippen molar-refractivity contribution in [2.24, 2.45) is 0 Å². The molecule has 0 saturated carbocycles. The summed E-state index contributed by atoms with van der Waals surface area (Å²) in [6.45, 7) is 2.08. The number of hydrogen-bond donors (Lipinski definition) is 0. The van der Waals surface area contributed by atoms with Crippen LogP contribution in [0.4, 0.5) is 0 Å². The van der Waals surface area contributed by atoms with Gasteiger partial charge in [0.25, 0.3) is 0 Å². The van der Waals surface area contributed by atoms with Crippen LogP contribution in [0, 0.1) is 6.92 Å². The van der Waals surface area contributed by atoms with Crippen LogP contribution in [0.2, 0.25) is 0 Å². The molecule has 1 heterocycles. The average Bonchev–Trinajstić information content (AvgIpc) is 3.59. The Hall–Kier alpha value is -4.62. The first-order valence-electron chi connectivity index (χ1n) is 14.4. The molecule has 6 aromatic carbocycles. The molecule has 1 aliphatic rings. The fraction of sp³-hybridized carbons (Fsp3) is 0.0526. The van der Waals surface area contributed by atoms with E-state index in [1.54, 1.807) is 0 Å². The van der Waals surface area contributed by atoms with Crippen LogP contribution in [0.5, 0.6) is 0 Å². The van der Waals surface area contributed by atoms with Gasteiger partial charge in [-0.2, -0.15) is 0 Å². The van der Waals surface area contributed by atoms with E-state index in [0.29, 0.717) is 21.9 Å². The third-order valence-electron chi connectivity index (χ3n) is 9.19. The highest BCUT2D eigenvalue weighted by molar-refractivity contribution is 6.64. The van der Waals surface area contributed by atoms with Crippen LogP contribution < -0.4 is 21.9 Å². The summed E-state index contributed by atoms with van der Waals surface area (Å²) >= 11 is 0. The SMILES string of the molecule is [B]c1c([B])c([B])c2c(c1[B])-c1ccccc1C2(c1ccccc1)c1ccc(-c2cccc3c2oc2c(C)cccc23)cc1. The number of hydrogen-bond acceptors (Lipinski definition) is 1. The van der Waals surface area contributed by atoms with E-state index >= 15 is 0 Å². The lowest BCUT2D eigenvalue weighted by molar-refractivity contribution is 0.667. The standard InChI is InChI=1S/C38H22B4O/c1-21-9-7-14-26-27-15-8-13-25(37(27)43-36(21)26)22-17-19-24(20-18-22)38(23-10-3-2-4-11-23)29-16-6-5-12-28(29)30-31(38)33(40)35(42)34(41)32(30)39/h2-20H,1H3. The molecule has 8 radical (unpaired) electrons. The molecule has 7 aromatic rings. The van der Waals surface area contributed by atoms with Crippen molar-refractivity contribution < 1.29 is 4.42 Å². The molecule has 1 aromatic heterocycles. The van der Waals surface area contributed by atoms with Crippen LogP contribution in [0.3, 0.4) is 0 Å². The van der Waals surface area contributed by atoms with E-state index in [1.807, 2.05) is 12.1 Å². The van der Waals surface area contributed by atoms with Gasteiger partial charge in [0, 0.05) is 16.3 Å². The lowest BCUT2D eigenvalue weighted by Crippen LogP contribution is -2.51. The highest BCUT2D eigenvalue weighted by atomic mass is 16.3. The Kier molecular flexibility index (Phi) is 5.72. The van der Waals surface area contributed by atoms with Crippen LogP contribution in [0.1, 0.15) is 27.8 Å². The van der Waals surface area contributed by atoms with E-state index in [0.717, 1.165) is 72.0 Å². The largest absolute Gasteiger partial charge is 0.455 e. The van der Waals surface area contributed by atoms with Crippen LogP contribution in [0.15, 0.2) is 120 Å². The van der Waals surface area contributed by atoms with Crippen molar-refractivity contribution >= 4 is 75.2 Å². The fourth-order valence-corrected chi connectivity index (χ4v) is 7.20. The lowest BCUT2D eigenvalue weighted by atomic mass is 9.58. The second kappa shape index (κ2) is 9.44. The van der Waals surface area contributed by atoms with E-state index in [9.17, 15) is 0 Å². The minimum atomic E-state index is -0.756. The summed E-state index contributed by atoms with van der Waals surface area (Å²) in [6.07, 6.45) is 0. The third-order valence-corrected chi connectivity index (χ3v) is 9.19. The van der Waals surface area contributed by atoms with Crippen LogP contribution in [-0.4, -0.2) is 31.4 Å². The number of fused-ring (bicyclic) bond motifs is 6. The maximum absolute atomic E-state index is 6.89. The van der Waals surface area contributed by atoms with Gasteiger partial charge in [-0.05, 0) is 51.4 Å². The van der Waals surface area contributed by atoms with Gasteiger partial charge < -0.3 is 4.42 Å². The molecule has 1 unspecified atom stereocenters. The molecule has 8 rings (SSSR count). The molecule has 1 aliphatic carbocycles. The van der Waals surface area contributed by atoms with Crippen LogP contribution in [-0.2, 0) is 5.41 Å². The molecule has 1 nitrogen and oxygen atoms in total. The minimum absolute atomic E-state index is 0.313. The highest BCUT2D eigenvalue weighted by Crippen LogP contribution is 2.54. The summed E-state index contributed by atoms with van der Waals surface area (Å²) < 4.78 is 6.48. The van der Waals surface area contributed by atoms with Crippen molar-refractivity contribution in [1.29, 1.82) is 0 Å². The van der Waals surface area contributed by atoms with Gasteiger partial charge >= 0.3 is 0 Å². The smallest absolute Gasteiger partial charge is 0.143 e. The normalized spacial score (nSPS) is 15.6. The molecule has 0 bridgehead atoms. The Morgan fingerprint density at radius 1 is 0.512 bits per heavy atom. The first-order valence-corrected chi connectivity index (χ1v) is 14.4. The molecule has 0 saturated heterocycles. The maximum Gasteiger partial charge on any atom is 0.143 e. The maximum atomic E-state index is 6.89. The van der Waals surface area contributed by atoms with E-state index in [1.165, 1.54) is 0 Å². The first-order chi connectivity index (χ1) is 20.9. The summed E-state index contributed by atoms with van der Waals surface area (Å²) in [5.41, 5.74) is 11.7. The Labute approximate surface area is 256 Å². The quantitative estimate of drug-likeness (QED) is 0.286. The van der Waals surface area contributed by atoms with Gasteiger partial charge in [0.15, 0.2) is 0 Å². The predicted molar refractivity (Wildman–Crippen MR) is 183 cm³/mol. The number of benzene rings is 6. The van der Waals surface area contributed by atoms with E-state index in [-0.39, 0.29) is 0 Å². The van der Waals surface area contributed by atoms with Crippen LogP contribution in [0.25, 0.3) is 44.2 Å². The third kappa shape index (κ3) is 3.45. The fourth-order valence-electron chi connectivity index (χ4n) is 7.20. The summed E-state index contributed by atoms with van der Waals surface area (Å²) in [7, 11) is 26.5. The monoisotopic (exact) mass is 538 g/mol. The Balaban J connectivity index is 1.41. The molecule has 43 heavy (non-hydrogen) atoms. The zero-order valence-electron chi connectivity index (χ0n) is 23.7. The number of rotatable bonds is 3. The molecule has 0 spiro atoms. The van der Waals surface area contributed by atoms with Gasteiger partial charge in [-0.1, -0.05) is 126 Å². The zero-order chi connectivity index (χ0) is 29.5. The molecule has 0 amide bonds. The summed E-state index contributed by atoms with van der Waals surface area (Å²) in [5.74, 6) is 0. The zero-order valence-corrected chi connectivity index (χ0v) is 23.7. The van der Waals surface area contributed by atoms with E-state index in [2.05, 4.69) is 110 Å². The molecule has 0 fully saturated rings. The van der Waals surface area contributed by atoms with Gasteiger partial charge in [0.05, 0.1) is 5.41 Å². The highest BCUT2D eigenvalue weighted by Gasteiger charge is 2.47. The molecule has 192 valence electrons. The van der Waals surface area contributed by atoms with Crippen molar-refractivity contribution in [1.82, 2.24) is 0 Å². The second-order valence-corrected chi connectivity index (χ2v) is 11.4. The predicted octanol–water partition coefficient (Wildman–Crippen LogP) is 5.10. The number of para-hydroxylation sites is 2. The molecular weight excluding hydrogens is 516 g/mol. The van der Waals surface area contributed by atoms with Gasteiger partial charge in [-0.3, -0.25) is 0 Å². The Bertz CT molecular complexity index is 2230. The van der Waals surface area contributed by atoms with Gasteiger partial charge in [0.1, 0.15) is 42.6 Å².